The van der Waals surface area contributed by atoms with Crippen LogP contribution in [-0.4, -0.2) is 24.2 Å². The Kier molecular flexibility index (Phi) is 4.37. The zero-order chi connectivity index (χ0) is 23.8. The number of ether oxygens (including phenoxy) is 1. The van der Waals surface area contributed by atoms with E-state index in [9.17, 15) is 14.4 Å². The van der Waals surface area contributed by atoms with Crippen LogP contribution in [0, 0.1) is 11.8 Å². The molecule has 4 aliphatic rings. The monoisotopic (exact) mass is 451 g/mol. The average molecular weight is 452 g/mol. The standard InChI is InChI=1S/C29H25NO4/c1-4-34-23-14-13-17(16(2)31)15-22(23)30-27(32)25-24-18-9-5-7-11-20(18)29(3,26(25)28(30)33)21-12-8-6-10-19(21)24/h5-15,24-26H,4H2,1-3H3/t24?,25-,26-,29?/m1/s1. The van der Waals surface area contributed by atoms with Crippen molar-refractivity contribution < 1.29 is 19.1 Å². The SMILES string of the molecule is CCOc1ccc(C(C)=O)cc1N1C(=O)[C@@H]2C3c4ccccc4C(C)(c4ccccc43)[C@H]2C1=O. The zero-order valence-corrected chi connectivity index (χ0v) is 19.4. The van der Waals surface area contributed by atoms with Crippen molar-refractivity contribution >= 4 is 23.3 Å². The highest BCUT2D eigenvalue weighted by Crippen LogP contribution is 2.64. The number of Topliss-reactive ketones (excluding diaryl/α,β-unsaturated/α-hetero) is 1. The van der Waals surface area contributed by atoms with Crippen molar-refractivity contribution in [2.45, 2.75) is 32.1 Å². The Bertz CT molecular complexity index is 1340. The minimum Gasteiger partial charge on any atom is -0.492 e. The van der Waals surface area contributed by atoms with Gasteiger partial charge in [0.05, 0.1) is 24.1 Å². The van der Waals surface area contributed by atoms with Crippen molar-refractivity contribution in [3.63, 3.8) is 0 Å². The molecule has 0 radical (unpaired) electrons. The van der Waals surface area contributed by atoms with Gasteiger partial charge in [-0.25, -0.2) is 4.90 Å². The van der Waals surface area contributed by atoms with E-state index in [-0.39, 0.29) is 23.5 Å². The van der Waals surface area contributed by atoms with E-state index in [1.165, 1.54) is 11.8 Å². The predicted octanol–water partition coefficient (Wildman–Crippen LogP) is 4.86. The molecule has 1 aliphatic heterocycles. The van der Waals surface area contributed by atoms with Gasteiger partial charge in [-0.1, -0.05) is 55.5 Å². The van der Waals surface area contributed by atoms with Crippen LogP contribution in [-0.2, 0) is 15.0 Å². The summed E-state index contributed by atoms with van der Waals surface area (Å²) in [5.41, 5.74) is 4.64. The third-order valence-electron chi connectivity index (χ3n) is 7.95. The van der Waals surface area contributed by atoms with Gasteiger partial charge in [-0.05, 0) is 54.3 Å². The van der Waals surface area contributed by atoms with Crippen molar-refractivity contribution in [3.8, 4) is 5.75 Å². The number of ketones is 1. The number of rotatable bonds is 4. The van der Waals surface area contributed by atoms with Gasteiger partial charge in [0.1, 0.15) is 5.75 Å². The van der Waals surface area contributed by atoms with Crippen LogP contribution in [0.3, 0.4) is 0 Å². The number of anilines is 1. The van der Waals surface area contributed by atoms with E-state index in [1.54, 1.807) is 18.2 Å². The lowest BCUT2D eigenvalue weighted by Gasteiger charge is -2.52. The molecule has 3 aromatic carbocycles. The molecule has 0 aromatic heterocycles. The van der Waals surface area contributed by atoms with Crippen LogP contribution in [0.5, 0.6) is 5.75 Å². The summed E-state index contributed by atoms with van der Waals surface area (Å²) in [6.45, 7) is 5.81. The molecule has 0 unspecified atom stereocenters. The van der Waals surface area contributed by atoms with E-state index in [4.69, 9.17) is 4.74 Å². The highest BCUT2D eigenvalue weighted by atomic mass is 16.5. The summed E-state index contributed by atoms with van der Waals surface area (Å²) in [6, 6.07) is 21.4. The fraction of sp³-hybridized carbons (Fsp3) is 0.276. The number of imide groups is 1. The molecule has 3 aromatic rings. The van der Waals surface area contributed by atoms with Gasteiger partial charge < -0.3 is 4.74 Å². The molecule has 3 aliphatic carbocycles. The van der Waals surface area contributed by atoms with Crippen LogP contribution in [0.15, 0.2) is 66.7 Å². The number of carbonyl (C=O) groups is 3. The fourth-order valence-corrected chi connectivity index (χ4v) is 6.58. The summed E-state index contributed by atoms with van der Waals surface area (Å²) < 4.78 is 5.79. The third-order valence-corrected chi connectivity index (χ3v) is 7.95. The van der Waals surface area contributed by atoms with Crippen LogP contribution in [0.25, 0.3) is 0 Å². The molecule has 0 N–H and O–H groups in total. The van der Waals surface area contributed by atoms with Crippen LogP contribution in [0.2, 0.25) is 0 Å². The number of benzene rings is 3. The third kappa shape index (κ3) is 2.47. The summed E-state index contributed by atoms with van der Waals surface area (Å²) in [6.07, 6.45) is 0. The molecule has 5 heteroatoms. The van der Waals surface area contributed by atoms with Crippen LogP contribution < -0.4 is 9.64 Å². The van der Waals surface area contributed by atoms with Crippen molar-refractivity contribution in [1.29, 1.82) is 0 Å². The Hall–Kier alpha value is -3.73. The van der Waals surface area contributed by atoms with Crippen molar-refractivity contribution in [1.82, 2.24) is 0 Å². The second-order valence-electron chi connectivity index (χ2n) is 9.54. The first-order valence-electron chi connectivity index (χ1n) is 11.7. The smallest absolute Gasteiger partial charge is 0.239 e. The summed E-state index contributed by atoms with van der Waals surface area (Å²) >= 11 is 0. The Labute approximate surface area is 198 Å². The number of carbonyl (C=O) groups excluding carboxylic acids is 3. The van der Waals surface area contributed by atoms with Crippen molar-refractivity contribution in [2.24, 2.45) is 11.8 Å². The Balaban J connectivity index is 1.58. The molecule has 2 amide bonds. The van der Waals surface area contributed by atoms with Crippen LogP contribution >= 0.6 is 0 Å². The van der Waals surface area contributed by atoms with Crippen LogP contribution in [0.1, 0.15) is 59.3 Å². The summed E-state index contributed by atoms with van der Waals surface area (Å²) in [5.74, 6) is -1.37. The lowest BCUT2D eigenvalue weighted by Crippen LogP contribution is -2.51. The highest BCUT2D eigenvalue weighted by Gasteiger charge is 2.66. The molecule has 1 heterocycles. The van der Waals surface area contributed by atoms with Gasteiger partial charge in [-0.2, -0.15) is 0 Å². The first-order chi connectivity index (χ1) is 16.4. The largest absolute Gasteiger partial charge is 0.492 e. The van der Waals surface area contributed by atoms with Gasteiger partial charge in [0.25, 0.3) is 0 Å². The van der Waals surface area contributed by atoms with E-state index in [2.05, 4.69) is 31.2 Å². The van der Waals surface area contributed by atoms with Crippen LogP contribution in [0.4, 0.5) is 5.69 Å². The first-order valence-corrected chi connectivity index (χ1v) is 11.7. The maximum absolute atomic E-state index is 14.2. The fourth-order valence-electron chi connectivity index (χ4n) is 6.58. The Morgan fingerprint density at radius 2 is 1.56 bits per heavy atom. The Morgan fingerprint density at radius 3 is 2.15 bits per heavy atom. The second-order valence-corrected chi connectivity index (χ2v) is 9.54. The minimum absolute atomic E-state index is 0.132. The van der Waals surface area contributed by atoms with E-state index >= 15 is 0 Å². The molecule has 5 nitrogen and oxygen atoms in total. The number of nitrogens with zero attached hydrogens (tertiary/aromatic N) is 1. The van der Waals surface area contributed by atoms with Gasteiger partial charge in [0.15, 0.2) is 5.78 Å². The van der Waals surface area contributed by atoms with E-state index in [1.807, 2.05) is 31.2 Å². The molecule has 1 fully saturated rings. The second kappa shape index (κ2) is 7.13. The maximum atomic E-state index is 14.2. The lowest BCUT2D eigenvalue weighted by atomic mass is 9.48. The summed E-state index contributed by atoms with van der Waals surface area (Å²) in [7, 11) is 0. The van der Waals surface area contributed by atoms with Gasteiger partial charge in [0.2, 0.25) is 11.8 Å². The van der Waals surface area contributed by atoms with Gasteiger partial charge in [-0.3, -0.25) is 14.4 Å². The van der Waals surface area contributed by atoms with E-state index in [0.717, 1.165) is 22.3 Å². The average Bonchev–Trinajstić information content (AvgIpc) is 3.11. The molecule has 2 atom stereocenters. The number of hydrogen-bond acceptors (Lipinski definition) is 4. The molecule has 1 saturated heterocycles. The topological polar surface area (TPSA) is 63.7 Å². The summed E-state index contributed by atoms with van der Waals surface area (Å²) in [5, 5.41) is 0. The predicted molar refractivity (Wildman–Crippen MR) is 128 cm³/mol. The molecule has 7 rings (SSSR count). The van der Waals surface area contributed by atoms with Gasteiger partial charge >= 0.3 is 0 Å². The normalized spacial score (nSPS) is 26.2. The molecule has 2 bridgehead atoms. The van der Waals surface area contributed by atoms with Gasteiger partial charge in [0, 0.05) is 16.9 Å². The van der Waals surface area contributed by atoms with E-state index in [0.29, 0.717) is 23.6 Å². The first kappa shape index (κ1) is 20.8. The minimum atomic E-state index is -0.627. The molecular weight excluding hydrogens is 426 g/mol. The molecular formula is C29H25NO4. The van der Waals surface area contributed by atoms with Crippen molar-refractivity contribution in [2.75, 3.05) is 11.5 Å². The molecule has 0 saturated carbocycles. The number of hydrogen-bond donors (Lipinski definition) is 0. The summed E-state index contributed by atoms with van der Waals surface area (Å²) in [4.78, 5) is 41.7. The number of amides is 2. The Morgan fingerprint density at radius 1 is 0.941 bits per heavy atom. The molecule has 34 heavy (non-hydrogen) atoms. The molecule has 170 valence electrons. The van der Waals surface area contributed by atoms with Gasteiger partial charge in [-0.15, -0.1) is 0 Å². The quantitative estimate of drug-likeness (QED) is 0.420. The lowest BCUT2D eigenvalue weighted by molar-refractivity contribution is -0.123. The molecule has 0 spiro atoms. The highest BCUT2D eigenvalue weighted by molar-refractivity contribution is 6.24. The van der Waals surface area contributed by atoms with Crippen molar-refractivity contribution in [3.05, 3.63) is 94.5 Å². The van der Waals surface area contributed by atoms with E-state index < -0.39 is 17.3 Å². The zero-order valence-electron chi connectivity index (χ0n) is 19.4. The maximum Gasteiger partial charge on any atom is 0.239 e.